The Bertz CT molecular complexity index is 1760. The third-order valence-electron chi connectivity index (χ3n) is 15.5. The molecule has 2 saturated heterocycles. The minimum absolute atomic E-state index is 0.244. The third kappa shape index (κ3) is 37.9. The molecule has 9 N–H and O–H groups in total. The number of aliphatic hydroxyl groups excluding tert-OH is 8. The monoisotopic (exact) mass is 1170 g/mol. The van der Waals surface area contributed by atoms with Crippen LogP contribution in [-0.4, -0.2) is 140 Å². The highest BCUT2D eigenvalue weighted by atomic mass is 16.7. The van der Waals surface area contributed by atoms with Gasteiger partial charge in [-0.1, -0.05) is 252 Å². The van der Waals surface area contributed by atoms with E-state index < -0.39 is 86.8 Å². The summed E-state index contributed by atoms with van der Waals surface area (Å²) in [4.78, 5) is 13.3. The lowest BCUT2D eigenvalue weighted by molar-refractivity contribution is -0.359. The molecular formula is C69H119NO13. The molecule has 2 heterocycles. The number of hydrogen-bond donors (Lipinski definition) is 9. The van der Waals surface area contributed by atoms with E-state index in [9.17, 15) is 45.6 Å². The largest absolute Gasteiger partial charge is 0.394 e. The van der Waals surface area contributed by atoms with Crippen LogP contribution in [0.4, 0.5) is 0 Å². The molecule has 2 aliphatic heterocycles. The second-order valence-corrected chi connectivity index (χ2v) is 22.9. The van der Waals surface area contributed by atoms with Gasteiger partial charge in [-0.3, -0.25) is 4.79 Å². The fourth-order valence-electron chi connectivity index (χ4n) is 10.3. The first-order valence-electron chi connectivity index (χ1n) is 33.0. The summed E-state index contributed by atoms with van der Waals surface area (Å²) in [6, 6.07) is -0.920. The van der Waals surface area contributed by atoms with Crippen LogP contribution in [0.25, 0.3) is 0 Å². The van der Waals surface area contributed by atoms with E-state index in [1.165, 1.54) is 122 Å². The number of rotatable bonds is 52. The van der Waals surface area contributed by atoms with Gasteiger partial charge in [0.1, 0.15) is 48.8 Å². The lowest BCUT2D eigenvalue weighted by Gasteiger charge is -2.46. The number of allylic oxidation sites excluding steroid dienone is 15. The summed E-state index contributed by atoms with van der Waals surface area (Å²) in [5, 5.41) is 87.2. The molecule has 0 bridgehead atoms. The fraction of sp³-hybridized carbons (Fsp3) is 0.754. The molecule has 12 atom stereocenters. The zero-order valence-electron chi connectivity index (χ0n) is 51.7. The Labute approximate surface area is 503 Å². The summed E-state index contributed by atoms with van der Waals surface area (Å²) in [5.74, 6) is -0.244. The highest BCUT2D eigenvalue weighted by molar-refractivity contribution is 5.76. The molecule has 0 spiro atoms. The van der Waals surface area contributed by atoms with Gasteiger partial charge in [0.05, 0.1) is 32.0 Å². The maximum atomic E-state index is 13.3. The molecule has 14 nitrogen and oxygen atoms in total. The summed E-state index contributed by atoms with van der Waals surface area (Å²) in [7, 11) is 0. The van der Waals surface area contributed by atoms with Gasteiger partial charge in [0, 0.05) is 6.42 Å². The Morgan fingerprint density at radius 3 is 1.28 bits per heavy atom. The first-order valence-corrected chi connectivity index (χ1v) is 33.0. The maximum absolute atomic E-state index is 13.3. The van der Waals surface area contributed by atoms with Gasteiger partial charge >= 0.3 is 0 Å². The van der Waals surface area contributed by atoms with Crippen molar-refractivity contribution in [2.24, 2.45) is 0 Å². The predicted molar refractivity (Wildman–Crippen MR) is 336 cm³/mol. The predicted octanol–water partition coefficient (Wildman–Crippen LogP) is 12.6. The van der Waals surface area contributed by atoms with Crippen molar-refractivity contribution in [2.75, 3.05) is 19.8 Å². The summed E-state index contributed by atoms with van der Waals surface area (Å²) >= 11 is 0. The number of unbranched alkanes of at least 4 members (excludes halogenated alkanes) is 25. The van der Waals surface area contributed by atoms with E-state index in [2.05, 4.69) is 104 Å². The van der Waals surface area contributed by atoms with E-state index >= 15 is 0 Å². The van der Waals surface area contributed by atoms with Crippen LogP contribution in [0.2, 0.25) is 0 Å². The molecule has 2 rings (SSSR count). The van der Waals surface area contributed by atoms with Crippen LogP contribution in [0.15, 0.2) is 97.2 Å². The van der Waals surface area contributed by atoms with Gasteiger partial charge in [0.2, 0.25) is 5.91 Å². The maximum Gasteiger partial charge on any atom is 0.220 e. The van der Waals surface area contributed by atoms with Crippen LogP contribution in [0.1, 0.15) is 239 Å². The van der Waals surface area contributed by atoms with Crippen LogP contribution in [0.5, 0.6) is 0 Å². The molecule has 83 heavy (non-hydrogen) atoms. The number of nitrogens with one attached hydrogen (secondary N) is 1. The zero-order valence-corrected chi connectivity index (χ0v) is 51.7. The Kier molecular flexibility index (Phi) is 48.7. The van der Waals surface area contributed by atoms with E-state index in [1.54, 1.807) is 6.08 Å². The van der Waals surface area contributed by atoms with Gasteiger partial charge in [-0.25, -0.2) is 0 Å². The number of carbonyl (C=O) groups excluding carboxylic acids is 1. The van der Waals surface area contributed by atoms with E-state index in [0.29, 0.717) is 6.42 Å². The minimum atomic E-state index is -1.79. The van der Waals surface area contributed by atoms with Crippen molar-refractivity contribution in [1.29, 1.82) is 0 Å². The molecule has 0 aromatic heterocycles. The van der Waals surface area contributed by atoms with E-state index in [0.717, 1.165) is 89.9 Å². The second kappa shape index (κ2) is 53.2. The average molecular weight is 1170 g/mol. The van der Waals surface area contributed by atoms with Crippen LogP contribution in [0.3, 0.4) is 0 Å². The van der Waals surface area contributed by atoms with Gasteiger partial charge in [-0.05, 0) is 77.0 Å². The standard InChI is InChI=1S/C69H119NO13/c1-3-5-7-9-11-13-15-17-19-20-21-22-23-24-25-26-27-28-29-30-31-32-33-34-35-36-37-38-39-41-43-45-47-49-51-53-61(74)70-57(58(73)52-50-48-46-44-42-40-18-16-14-12-10-8-6-4-2)56-80-68-66(79)64(77)67(60(55-72)82-68)83-69-65(78)63(76)62(75)59(54-71)81-69/h5,7,11,13,17,19,21-22,24-25,27-28,30-31,50,52,57-60,62-69,71-73,75-79H,3-4,6,8-10,12,14-16,18,20,23,26,29,32-49,51,53-56H2,1-2H3,(H,70,74)/b7-5-,13-11-,19-17-,22-21-,25-24-,28-27-,31-30-,52-50+. The molecule has 478 valence electrons. The summed E-state index contributed by atoms with van der Waals surface area (Å²) in [6.07, 6.45) is 57.4. The van der Waals surface area contributed by atoms with E-state index in [4.69, 9.17) is 18.9 Å². The van der Waals surface area contributed by atoms with Gasteiger partial charge < -0.3 is 65.1 Å². The number of carbonyl (C=O) groups is 1. The topological polar surface area (TPSA) is 228 Å². The van der Waals surface area contributed by atoms with Gasteiger partial charge in [-0.2, -0.15) is 0 Å². The molecular weight excluding hydrogens is 1050 g/mol. The number of aliphatic hydroxyl groups is 8. The van der Waals surface area contributed by atoms with Crippen molar-refractivity contribution in [3.8, 4) is 0 Å². The molecule has 2 fully saturated rings. The van der Waals surface area contributed by atoms with Crippen molar-refractivity contribution in [3.05, 3.63) is 97.2 Å². The van der Waals surface area contributed by atoms with Crippen LogP contribution < -0.4 is 5.32 Å². The first kappa shape index (κ1) is 76.0. The van der Waals surface area contributed by atoms with Gasteiger partial charge in [0.25, 0.3) is 0 Å². The SMILES string of the molecule is CC/C=C\C/C=C\C/C=C\C/C=C\C/C=C\C/C=C\C/C=C\CCCCCCCCCCCCCCCC(=O)NC(COC1OC(CO)C(OC2OC(CO)C(O)C(O)C2O)C(O)C1O)C(O)/C=C/CCCCCCCCCCCCCC. The highest BCUT2D eigenvalue weighted by Gasteiger charge is 2.51. The van der Waals surface area contributed by atoms with Crippen molar-refractivity contribution in [1.82, 2.24) is 5.32 Å². The summed E-state index contributed by atoms with van der Waals surface area (Å²) in [6.45, 7) is 2.68. The quantitative estimate of drug-likeness (QED) is 0.0204. The molecule has 14 heteroatoms. The van der Waals surface area contributed by atoms with E-state index in [1.807, 2.05) is 6.08 Å². The first-order chi connectivity index (χ1) is 40.6. The third-order valence-corrected chi connectivity index (χ3v) is 15.5. The van der Waals surface area contributed by atoms with Crippen molar-refractivity contribution in [2.45, 2.75) is 312 Å². The summed E-state index contributed by atoms with van der Waals surface area (Å²) < 4.78 is 22.8. The number of hydrogen-bond acceptors (Lipinski definition) is 13. The highest BCUT2D eigenvalue weighted by Crippen LogP contribution is 2.30. The molecule has 0 aromatic carbocycles. The van der Waals surface area contributed by atoms with Crippen LogP contribution in [-0.2, 0) is 23.7 Å². The Hall–Kier alpha value is -3.09. The van der Waals surface area contributed by atoms with Gasteiger partial charge in [0.15, 0.2) is 12.6 Å². The lowest BCUT2D eigenvalue weighted by Crippen LogP contribution is -2.65. The fourth-order valence-corrected chi connectivity index (χ4v) is 10.3. The zero-order chi connectivity index (χ0) is 60.2. The van der Waals surface area contributed by atoms with Crippen molar-refractivity contribution < 1.29 is 64.6 Å². The van der Waals surface area contributed by atoms with Crippen LogP contribution in [0, 0.1) is 0 Å². The van der Waals surface area contributed by atoms with Crippen molar-refractivity contribution >= 4 is 5.91 Å². The Morgan fingerprint density at radius 1 is 0.446 bits per heavy atom. The summed E-state index contributed by atoms with van der Waals surface area (Å²) in [5.41, 5.74) is 0. The Balaban J connectivity index is 1.64. The molecule has 2 aliphatic rings. The molecule has 0 radical (unpaired) electrons. The van der Waals surface area contributed by atoms with E-state index in [-0.39, 0.29) is 18.9 Å². The second-order valence-electron chi connectivity index (χ2n) is 22.9. The number of amides is 1. The molecule has 1 amide bonds. The van der Waals surface area contributed by atoms with Crippen molar-refractivity contribution in [3.63, 3.8) is 0 Å². The van der Waals surface area contributed by atoms with Crippen LogP contribution >= 0.6 is 0 Å². The molecule has 0 aromatic rings. The minimum Gasteiger partial charge on any atom is -0.394 e. The van der Waals surface area contributed by atoms with Gasteiger partial charge in [-0.15, -0.1) is 0 Å². The lowest BCUT2D eigenvalue weighted by atomic mass is 9.97. The molecule has 0 saturated carbocycles. The molecule has 0 aliphatic carbocycles. The normalized spacial score (nSPS) is 24.5. The Morgan fingerprint density at radius 2 is 0.831 bits per heavy atom. The smallest absolute Gasteiger partial charge is 0.220 e. The number of ether oxygens (including phenoxy) is 4. The molecule has 12 unspecified atom stereocenters. The average Bonchev–Trinajstić information content (AvgIpc) is 3.64.